The van der Waals surface area contributed by atoms with Crippen LogP contribution in [-0.2, 0) is 16.2 Å². The standard InChI is InChI=1S/C17H21N3O3/c21-12-16-11-15(19-9-4-8-18-17(19)22)7-10-20(16)23-13-14-5-2-1-3-6-14/h1-3,5-6,15H,4,7-11,13H2,(H,18,22). The van der Waals surface area contributed by atoms with Crippen molar-refractivity contribution in [2.24, 2.45) is 0 Å². The van der Waals surface area contributed by atoms with E-state index in [-0.39, 0.29) is 12.1 Å². The molecule has 1 atom stereocenters. The second-order valence-electron chi connectivity index (χ2n) is 5.84. The Morgan fingerprint density at radius 3 is 2.83 bits per heavy atom. The monoisotopic (exact) mass is 315 g/mol. The second-order valence-corrected chi connectivity index (χ2v) is 5.84. The summed E-state index contributed by atoms with van der Waals surface area (Å²) in [6, 6.07) is 9.83. The van der Waals surface area contributed by atoms with Crippen LogP contribution >= 0.6 is 0 Å². The first kappa shape index (κ1) is 15.6. The molecule has 2 fully saturated rings. The van der Waals surface area contributed by atoms with Crippen molar-refractivity contribution in [1.29, 1.82) is 0 Å². The summed E-state index contributed by atoms with van der Waals surface area (Å²) in [5.41, 5.74) is 1.53. The third-order valence-corrected chi connectivity index (χ3v) is 4.30. The average molecular weight is 315 g/mol. The molecule has 2 amide bonds. The van der Waals surface area contributed by atoms with E-state index in [1.54, 1.807) is 5.06 Å². The molecule has 6 nitrogen and oxygen atoms in total. The molecule has 0 aliphatic carbocycles. The number of hydroxylamine groups is 2. The van der Waals surface area contributed by atoms with Crippen LogP contribution in [0.3, 0.4) is 0 Å². The third-order valence-electron chi connectivity index (χ3n) is 4.30. The number of carbonyl (C=O) groups excluding carboxylic acids is 2. The Bertz CT molecular complexity index is 598. The summed E-state index contributed by atoms with van der Waals surface area (Å²) in [4.78, 5) is 30.8. The van der Waals surface area contributed by atoms with Gasteiger partial charge in [0.1, 0.15) is 11.6 Å². The molecule has 2 aliphatic heterocycles. The van der Waals surface area contributed by atoms with Gasteiger partial charge in [-0.25, -0.2) is 14.7 Å². The Labute approximate surface area is 135 Å². The minimum Gasteiger partial charge on any atom is -0.338 e. The highest BCUT2D eigenvalue weighted by Crippen LogP contribution is 2.25. The minimum absolute atomic E-state index is 0.0369. The van der Waals surface area contributed by atoms with Crippen LogP contribution in [0.25, 0.3) is 0 Å². The van der Waals surface area contributed by atoms with Crippen molar-refractivity contribution >= 4 is 12.0 Å². The van der Waals surface area contributed by atoms with E-state index in [1.807, 2.05) is 41.2 Å². The average Bonchev–Trinajstić information content (AvgIpc) is 2.61. The first-order valence-electron chi connectivity index (χ1n) is 8.01. The number of amides is 2. The predicted octanol–water partition coefficient (Wildman–Crippen LogP) is 1.71. The summed E-state index contributed by atoms with van der Waals surface area (Å²) in [7, 11) is 0. The number of urea groups is 1. The van der Waals surface area contributed by atoms with Gasteiger partial charge in [-0.15, -0.1) is 0 Å². The molecule has 2 saturated heterocycles. The number of benzene rings is 1. The van der Waals surface area contributed by atoms with Gasteiger partial charge < -0.3 is 10.2 Å². The van der Waals surface area contributed by atoms with Crippen LogP contribution in [-0.4, -0.2) is 47.6 Å². The molecule has 2 heterocycles. The topological polar surface area (TPSA) is 61.9 Å². The lowest BCUT2D eigenvalue weighted by atomic mass is 10.0. The second kappa shape index (κ2) is 7.31. The van der Waals surface area contributed by atoms with Gasteiger partial charge in [0.15, 0.2) is 0 Å². The predicted molar refractivity (Wildman–Crippen MR) is 84.9 cm³/mol. The molecule has 0 spiro atoms. The van der Waals surface area contributed by atoms with Crippen molar-refractivity contribution in [3.05, 3.63) is 41.6 Å². The van der Waals surface area contributed by atoms with Crippen LogP contribution in [0.1, 0.15) is 24.8 Å². The third kappa shape index (κ3) is 3.73. The fourth-order valence-electron chi connectivity index (χ4n) is 3.05. The lowest BCUT2D eigenvalue weighted by Gasteiger charge is -2.40. The molecular formula is C17H21N3O3. The van der Waals surface area contributed by atoms with Crippen LogP contribution in [0.15, 0.2) is 36.0 Å². The molecule has 0 radical (unpaired) electrons. The van der Waals surface area contributed by atoms with Gasteiger partial charge in [-0.3, -0.25) is 4.84 Å². The van der Waals surface area contributed by atoms with Gasteiger partial charge in [0.2, 0.25) is 0 Å². The summed E-state index contributed by atoms with van der Waals surface area (Å²) in [6.45, 7) is 2.48. The largest absolute Gasteiger partial charge is 0.338 e. The molecular weight excluding hydrogens is 294 g/mol. The molecule has 1 aromatic carbocycles. The van der Waals surface area contributed by atoms with Crippen LogP contribution in [0, 0.1) is 0 Å². The fourth-order valence-corrected chi connectivity index (χ4v) is 3.05. The van der Waals surface area contributed by atoms with Gasteiger partial charge in [0, 0.05) is 32.1 Å². The Hall–Kier alpha value is -2.30. The summed E-state index contributed by atoms with van der Waals surface area (Å²) in [5, 5.41) is 4.48. The maximum Gasteiger partial charge on any atom is 0.317 e. The molecule has 0 aromatic heterocycles. The number of hydrogen-bond donors (Lipinski definition) is 1. The van der Waals surface area contributed by atoms with Crippen molar-refractivity contribution in [3.63, 3.8) is 0 Å². The summed E-state index contributed by atoms with van der Waals surface area (Å²) in [6.07, 6.45) is 2.22. The van der Waals surface area contributed by atoms with Crippen LogP contribution in [0.2, 0.25) is 0 Å². The number of hydrogen-bond acceptors (Lipinski definition) is 4. The molecule has 3 rings (SSSR count). The Morgan fingerprint density at radius 1 is 1.26 bits per heavy atom. The molecule has 1 aromatic rings. The first-order chi connectivity index (χ1) is 11.3. The lowest BCUT2D eigenvalue weighted by Crippen LogP contribution is -2.53. The van der Waals surface area contributed by atoms with Crippen molar-refractivity contribution in [1.82, 2.24) is 15.3 Å². The van der Waals surface area contributed by atoms with Crippen molar-refractivity contribution < 1.29 is 14.4 Å². The highest BCUT2D eigenvalue weighted by molar-refractivity contribution is 5.75. The minimum atomic E-state index is -0.0369. The van der Waals surface area contributed by atoms with E-state index in [4.69, 9.17) is 4.84 Å². The van der Waals surface area contributed by atoms with Crippen LogP contribution < -0.4 is 5.32 Å². The quantitative estimate of drug-likeness (QED) is 0.859. The number of nitrogens with zero attached hydrogens (tertiary/aromatic N) is 2. The van der Waals surface area contributed by atoms with E-state index in [9.17, 15) is 9.59 Å². The molecule has 0 saturated carbocycles. The SMILES string of the molecule is O=C=C1CC(N2CCCNC2=O)CCN1OCc1ccccc1. The van der Waals surface area contributed by atoms with E-state index in [1.165, 1.54) is 0 Å². The normalized spacial score (nSPS) is 21.8. The van der Waals surface area contributed by atoms with Gasteiger partial charge in [-0.2, -0.15) is 0 Å². The molecule has 6 heteroatoms. The van der Waals surface area contributed by atoms with E-state index >= 15 is 0 Å². The van der Waals surface area contributed by atoms with Crippen molar-refractivity contribution in [2.45, 2.75) is 31.9 Å². The van der Waals surface area contributed by atoms with Gasteiger partial charge in [-0.1, -0.05) is 30.3 Å². The number of carbonyl (C=O) groups is 1. The molecule has 23 heavy (non-hydrogen) atoms. The summed E-state index contributed by atoms with van der Waals surface area (Å²) in [5.74, 6) is 1.98. The molecule has 1 N–H and O–H groups in total. The zero-order chi connectivity index (χ0) is 16.1. The van der Waals surface area contributed by atoms with Crippen LogP contribution in [0.4, 0.5) is 4.79 Å². The fraction of sp³-hybridized carbons (Fsp3) is 0.471. The Balaban J connectivity index is 1.58. The summed E-state index contributed by atoms with van der Waals surface area (Å²) >= 11 is 0. The molecule has 122 valence electrons. The zero-order valence-corrected chi connectivity index (χ0v) is 13.0. The van der Waals surface area contributed by atoms with Gasteiger partial charge in [-0.05, 0) is 18.4 Å². The van der Waals surface area contributed by atoms with Gasteiger partial charge >= 0.3 is 6.03 Å². The van der Waals surface area contributed by atoms with E-state index in [2.05, 4.69) is 5.32 Å². The maximum absolute atomic E-state index is 11.9. The smallest absolute Gasteiger partial charge is 0.317 e. The zero-order valence-electron chi connectivity index (χ0n) is 13.0. The maximum atomic E-state index is 11.9. The molecule has 0 bridgehead atoms. The number of piperidine rings is 1. The summed E-state index contributed by atoms with van der Waals surface area (Å²) < 4.78 is 0. The van der Waals surface area contributed by atoms with Crippen LogP contribution in [0.5, 0.6) is 0 Å². The Morgan fingerprint density at radius 2 is 2.09 bits per heavy atom. The van der Waals surface area contributed by atoms with E-state index in [0.29, 0.717) is 25.3 Å². The van der Waals surface area contributed by atoms with Crippen molar-refractivity contribution in [2.75, 3.05) is 19.6 Å². The van der Waals surface area contributed by atoms with E-state index < -0.39 is 0 Å². The first-order valence-corrected chi connectivity index (χ1v) is 8.01. The Kier molecular flexibility index (Phi) is 4.95. The van der Waals surface area contributed by atoms with Crippen molar-refractivity contribution in [3.8, 4) is 0 Å². The van der Waals surface area contributed by atoms with E-state index in [0.717, 1.165) is 31.5 Å². The highest BCUT2D eigenvalue weighted by Gasteiger charge is 2.32. The van der Waals surface area contributed by atoms with Gasteiger partial charge in [0.25, 0.3) is 0 Å². The molecule has 2 aliphatic rings. The highest BCUT2D eigenvalue weighted by atomic mass is 16.7. The number of rotatable bonds is 4. The molecule has 1 unspecified atom stereocenters. The van der Waals surface area contributed by atoms with Gasteiger partial charge in [0.05, 0.1) is 6.61 Å². The number of nitrogens with one attached hydrogen (secondary N) is 1. The lowest BCUT2D eigenvalue weighted by molar-refractivity contribution is -0.155.